The van der Waals surface area contributed by atoms with Gasteiger partial charge in [0.05, 0.1) is 0 Å². The highest BCUT2D eigenvalue weighted by Gasteiger charge is 2.75. The SMILES string of the molecule is O=C(O)[C@](C(O)P(=O)(O)O)(N(P(=O)(O)O)P(=O)(O)O)P(=O)(O)O. The van der Waals surface area contributed by atoms with E-state index >= 15 is 0 Å². The molecule has 0 radical (unpaired) electrons. The number of carbonyl (C=O) groups is 1. The smallest absolute Gasteiger partial charge is 0.414 e. The molecule has 16 nitrogen and oxygen atoms in total. The van der Waals surface area contributed by atoms with Gasteiger partial charge in [-0.2, -0.15) is 0 Å². The Hall–Kier alpha value is -0.0100. The number of aliphatic hydroxyl groups is 1. The van der Waals surface area contributed by atoms with E-state index < -0.39 is 52.2 Å². The molecule has 0 aromatic heterocycles. The first-order valence-electron chi connectivity index (χ1n) is 4.66. The molecule has 2 atom stereocenters. The third-order valence-corrected chi connectivity index (χ3v) is 8.31. The Morgan fingerprint density at radius 2 is 1.13 bits per heavy atom. The summed E-state index contributed by atoms with van der Waals surface area (Å²) in [6, 6.07) is 0. The standard InChI is InChI=1S/C3H11NO15P4/c5-1(6)3(21(11,12)13,2(7)20(8,9)10)4(22(14,15)16)23(17,18)19/h2,7H,(H,5,6)(H2,8,9,10)(H2,11,12,13)(H2,14,15,16)(H2,17,18,19)/t2?,3-/m0/s1. The van der Waals surface area contributed by atoms with E-state index in [1.807, 2.05) is 0 Å². The van der Waals surface area contributed by atoms with Crippen LogP contribution in [0.5, 0.6) is 0 Å². The van der Waals surface area contributed by atoms with Crippen LogP contribution in [-0.4, -0.2) is 70.9 Å². The second-order valence-electron chi connectivity index (χ2n) is 3.85. The van der Waals surface area contributed by atoms with Crippen molar-refractivity contribution in [3.8, 4) is 0 Å². The van der Waals surface area contributed by atoms with E-state index in [0.717, 1.165) is 0 Å². The van der Waals surface area contributed by atoms with Gasteiger partial charge in [0.1, 0.15) is 0 Å². The van der Waals surface area contributed by atoms with Crippen LogP contribution in [-0.2, 0) is 23.1 Å². The first-order chi connectivity index (χ1) is 9.71. The summed E-state index contributed by atoms with van der Waals surface area (Å²) >= 11 is 0. The molecule has 0 heterocycles. The second-order valence-corrected chi connectivity index (χ2v) is 10.5. The fourth-order valence-electron chi connectivity index (χ4n) is 1.47. The van der Waals surface area contributed by atoms with Crippen LogP contribution in [0.15, 0.2) is 0 Å². The van der Waals surface area contributed by atoms with Crippen molar-refractivity contribution < 1.29 is 72.4 Å². The number of nitrogens with zero attached hydrogens (tertiary/aromatic N) is 1. The maximum absolute atomic E-state index is 11.4. The maximum atomic E-state index is 11.4. The zero-order valence-electron chi connectivity index (χ0n) is 10.3. The fourth-order valence-corrected chi connectivity index (χ4v) is 7.83. The van der Waals surface area contributed by atoms with Gasteiger partial charge in [0.15, 0.2) is 5.85 Å². The molecule has 0 aromatic rings. The van der Waals surface area contributed by atoms with Gasteiger partial charge in [-0.1, -0.05) is 4.44 Å². The van der Waals surface area contributed by atoms with Gasteiger partial charge in [0.25, 0.3) is 5.28 Å². The molecule has 0 saturated heterocycles. The maximum Gasteiger partial charge on any atom is 0.414 e. The summed E-state index contributed by atoms with van der Waals surface area (Å²) in [4.78, 5) is 82.1. The lowest BCUT2D eigenvalue weighted by Crippen LogP contribution is -2.58. The fraction of sp³-hybridized carbons (Fsp3) is 0.667. The van der Waals surface area contributed by atoms with Crippen molar-refractivity contribution in [1.82, 2.24) is 4.44 Å². The second kappa shape index (κ2) is 6.37. The van der Waals surface area contributed by atoms with Crippen LogP contribution in [0.2, 0.25) is 0 Å². The monoisotopic (exact) mass is 425 g/mol. The number of aliphatic carboxylic acids is 1. The van der Waals surface area contributed by atoms with Gasteiger partial charge < -0.3 is 49.4 Å². The van der Waals surface area contributed by atoms with Crippen LogP contribution in [0.1, 0.15) is 0 Å². The normalized spacial score (nSPS) is 18.5. The third kappa shape index (κ3) is 4.34. The number of hydrogen-bond acceptors (Lipinski definition) is 6. The van der Waals surface area contributed by atoms with E-state index in [1.165, 1.54) is 0 Å². The Bertz CT molecular complexity index is 638. The van der Waals surface area contributed by atoms with Crippen LogP contribution in [0.25, 0.3) is 0 Å². The lowest BCUT2D eigenvalue weighted by atomic mass is 10.3. The molecule has 0 aliphatic rings. The number of hydrogen-bond donors (Lipinski definition) is 10. The van der Waals surface area contributed by atoms with Crippen molar-refractivity contribution in [3.63, 3.8) is 0 Å². The van der Waals surface area contributed by atoms with Crippen LogP contribution in [0.3, 0.4) is 0 Å². The number of carboxylic acid groups (broad SMARTS) is 1. The summed E-state index contributed by atoms with van der Waals surface area (Å²) < 4.78 is 42.8. The molecule has 0 aliphatic heterocycles. The molecule has 0 saturated carbocycles. The van der Waals surface area contributed by atoms with E-state index in [9.17, 15) is 28.2 Å². The number of rotatable bonds is 7. The zero-order chi connectivity index (χ0) is 19.2. The Kier molecular flexibility index (Phi) is 6.37. The van der Waals surface area contributed by atoms with E-state index in [1.54, 1.807) is 0 Å². The lowest BCUT2D eigenvalue weighted by molar-refractivity contribution is -0.147. The van der Waals surface area contributed by atoms with E-state index in [4.69, 9.17) is 44.3 Å². The van der Waals surface area contributed by atoms with Gasteiger partial charge in [-0.25, -0.2) is 13.9 Å². The molecule has 0 aliphatic carbocycles. The molecule has 0 aromatic carbocycles. The van der Waals surface area contributed by atoms with Gasteiger partial charge in [0, 0.05) is 0 Å². The van der Waals surface area contributed by atoms with Crippen LogP contribution in [0, 0.1) is 0 Å². The van der Waals surface area contributed by atoms with Gasteiger partial charge >= 0.3 is 36.7 Å². The molecule has 1 unspecified atom stereocenters. The molecule has 0 bridgehead atoms. The molecule has 23 heavy (non-hydrogen) atoms. The van der Waals surface area contributed by atoms with Gasteiger partial charge in [-0.3, -0.25) is 9.13 Å². The minimum absolute atomic E-state index is 1.93. The summed E-state index contributed by atoms with van der Waals surface area (Å²) in [5.74, 6) is -7.33. The molecule has 0 amide bonds. The molecule has 0 rings (SSSR count). The highest BCUT2D eigenvalue weighted by Crippen LogP contribution is 2.73. The Morgan fingerprint density at radius 3 is 1.26 bits per heavy atom. The van der Waals surface area contributed by atoms with Crippen molar-refractivity contribution in [3.05, 3.63) is 0 Å². The number of carboxylic acids is 1. The predicted octanol–water partition coefficient (Wildman–Crippen LogP) is -3.07. The quantitative estimate of drug-likeness (QED) is 0.181. The van der Waals surface area contributed by atoms with Crippen molar-refractivity contribution >= 4 is 36.7 Å². The predicted molar refractivity (Wildman–Crippen MR) is 66.4 cm³/mol. The van der Waals surface area contributed by atoms with Crippen LogP contribution < -0.4 is 0 Å². The van der Waals surface area contributed by atoms with Crippen molar-refractivity contribution in [1.29, 1.82) is 0 Å². The van der Waals surface area contributed by atoms with Crippen LogP contribution >= 0.6 is 30.7 Å². The average molecular weight is 425 g/mol. The summed E-state index contributed by atoms with van der Waals surface area (Å²) in [5.41, 5.74) is 0. The number of aliphatic hydroxyl groups excluding tert-OH is 1. The summed E-state index contributed by atoms with van der Waals surface area (Å²) in [7, 11) is -26.2. The van der Waals surface area contributed by atoms with E-state index in [2.05, 4.69) is 0 Å². The Morgan fingerprint density at radius 1 is 0.826 bits per heavy atom. The molecule has 138 valence electrons. The van der Waals surface area contributed by atoms with E-state index in [-0.39, 0.29) is 0 Å². The van der Waals surface area contributed by atoms with Crippen LogP contribution in [0.4, 0.5) is 0 Å². The highest BCUT2D eigenvalue weighted by atomic mass is 31.3. The summed E-state index contributed by atoms with van der Waals surface area (Å²) in [5, 5.41) is 13.1. The Balaban J connectivity index is 7.27. The van der Waals surface area contributed by atoms with Crippen molar-refractivity contribution in [2.45, 2.75) is 11.1 Å². The Labute approximate surface area is 125 Å². The lowest BCUT2D eigenvalue weighted by Gasteiger charge is -2.41. The largest absolute Gasteiger partial charge is 0.479 e. The average Bonchev–Trinajstić information content (AvgIpc) is 2.16. The molecular formula is C3H11NO15P4. The minimum Gasteiger partial charge on any atom is -0.479 e. The summed E-state index contributed by atoms with van der Waals surface area (Å²) in [6.45, 7) is 0. The molecule has 0 spiro atoms. The highest BCUT2D eigenvalue weighted by molar-refractivity contribution is 7.68. The molecule has 20 heteroatoms. The zero-order valence-corrected chi connectivity index (χ0v) is 13.9. The van der Waals surface area contributed by atoms with Gasteiger partial charge in [-0.15, -0.1) is 0 Å². The molecule has 0 fully saturated rings. The first-order valence-corrected chi connectivity index (χ1v) is 11.1. The summed E-state index contributed by atoms with van der Waals surface area (Å²) in [6.07, 6.45) is 0. The third-order valence-electron chi connectivity index (χ3n) is 2.24. The van der Waals surface area contributed by atoms with Gasteiger partial charge in [0.2, 0.25) is 0 Å². The van der Waals surface area contributed by atoms with Crippen molar-refractivity contribution in [2.24, 2.45) is 0 Å². The van der Waals surface area contributed by atoms with Crippen molar-refractivity contribution in [2.75, 3.05) is 0 Å². The van der Waals surface area contributed by atoms with Gasteiger partial charge in [-0.05, 0) is 0 Å². The topological polar surface area (TPSA) is 291 Å². The molecule has 10 N–H and O–H groups in total. The van der Waals surface area contributed by atoms with E-state index in [0.29, 0.717) is 0 Å². The molecular weight excluding hydrogens is 414 g/mol. The first kappa shape index (κ1) is 23.0. The minimum atomic E-state index is -6.76.